The van der Waals surface area contributed by atoms with Gasteiger partial charge in [0.2, 0.25) is 5.89 Å². The highest BCUT2D eigenvalue weighted by Crippen LogP contribution is 2.34. The molecule has 0 aliphatic carbocycles. The lowest BCUT2D eigenvalue weighted by Gasteiger charge is -2.31. The molecule has 1 aliphatic rings. The maximum Gasteiger partial charge on any atom is 0.326 e. The van der Waals surface area contributed by atoms with Gasteiger partial charge in [-0.2, -0.15) is 0 Å². The number of carbonyl (C=O) groups is 1. The number of aromatic nitrogens is 2. The van der Waals surface area contributed by atoms with Gasteiger partial charge < -0.3 is 15.1 Å². The Hall–Kier alpha value is -2.52. The van der Waals surface area contributed by atoms with Crippen molar-refractivity contribution in [3.8, 4) is 0 Å². The summed E-state index contributed by atoms with van der Waals surface area (Å²) < 4.78 is 6.92. The van der Waals surface area contributed by atoms with Gasteiger partial charge in [0.25, 0.3) is 0 Å². The first-order chi connectivity index (χ1) is 15.8. The van der Waals surface area contributed by atoms with Crippen LogP contribution in [0, 0.1) is 0 Å². The number of nitrogens with zero attached hydrogens (tertiary/aromatic N) is 4. The van der Waals surface area contributed by atoms with Crippen LogP contribution in [-0.2, 0) is 17.7 Å². The highest BCUT2D eigenvalue weighted by molar-refractivity contribution is 8.00. The molecule has 4 rings (SSSR count). The lowest BCUT2D eigenvalue weighted by molar-refractivity contribution is 0.192. The topological polar surface area (TPSA) is 88.5 Å². The molecule has 7 nitrogen and oxygen atoms in total. The number of urea groups is 1. The Morgan fingerprint density at radius 1 is 1.21 bits per heavy atom. The van der Waals surface area contributed by atoms with Crippen LogP contribution in [0.3, 0.4) is 0 Å². The predicted octanol–water partition coefficient (Wildman–Crippen LogP) is 5.92. The summed E-state index contributed by atoms with van der Waals surface area (Å²) in [6.45, 7) is 8.34. The molecule has 9 heteroatoms. The SMILES string of the molecule is CC(C)(C)c1cnc(CSc2cnc(N(Cc3cccc(N)c3)C(=O)N3CCCCC3)s2)o1. The highest BCUT2D eigenvalue weighted by Gasteiger charge is 2.26. The summed E-state index contributed by atoms with van der Waals surface area (Å²) in [6.07, 6.45) is 6.90. The molecule has 33 heavy (non-hydrogen) atoms. The van der Waals surface area contributed by atoms with Gasteiger partial charge in [-0.15, -0.1) is 11.8 Å². The number of anilines is 2. The Morgan fingerprint density at radius 2 is 2.00 bits per heavy atom. The van der Waals surface area contributed by atoms with Crippen molar-refractivity contribution >= 4 is 39.9 Å². The number of hydrogen-bond acceptors (Lipinski definition) is 7. The Balaban J connectivity index is 1.49. The van der Waals surface area contributed by atoms with E-state index in [0.717, 1.165) is 41.5 Å². The molecule has 3 heterocycles. The lowest BCUT2D eigenvalue weighted by Crippen LogP contribution is -2.45. The van der Waals surface area contributed by atoms with Gasteiger partial charge in [-0.05, 0) is 37.0 Å². The number of nitrogens with two attached hydrogens (primary N) is 1. The van der Waals surface area contributed by atoms with Gasteiger partial charge in [0.1, 0.15) is 5.76 Å². The van der Waals surface area contributed by atoms with Crippen molar-refractivity contribution in [2.24, 2.45) is 0 Å². The maximum atomic E-state index is 13.4. The molecule has 1 aliphatic heterocycles. The molecule has 2 amide bonds. The molecule has 3 aromatic rings. The number of piperidine rings is 1. The summed E-state index contributed by atoms with van der Waals surface area (Å²) >= 11 is 3.14. The number of carbonyl (C=O) groups excluding carboxylic acids is 1. The number of thioether (sulfide) groups is 1. The van der Waals surface area contributed by atoms with Crippen molar-refractivity contribution in [1.82, 2.24) is 14.9 Å². The number of amides is 2. The fraction of sp³-hybridized carbons (Fsp3) is 0.458. The Kier molecular flexibility index (Phi) is 7.29. The van der Waals surface area contributed by atoms with E-state index in [1.54, 1.807) is 22.9 Å². The zero-order valence-corrected chi connectivity index (χ0v) is 21.0. The third-order valence-corrected chi connectivity index (χ3v) is 7.68. The molecule has 176 valence electrons. The predicted molar refractivity (Wildman–Crippen MR) is 135 cm³/mol. The number of rotatable bonds is 6. The molecular formula is C24H31N5O2S2. The van der Waals surface area contributed by atoms with Gasteiger partial charge in [0.15, 0.2) is 5.13 Å². The van der Waals surface area contributed by atoms with Crippen molar-refractivity contribution in [2.45, 2.75) is 62.0 Å². The number of thiazole rings is 1. The van der Waals surface area contributed by atoms with Gasteiger partial charge >= 0.3 is 6.03 Å². The Bertz CT molecular complexity index is 1080. The van der Waals surface area contributed by atoms with E-state index in [2.05, 4.69) is 30.7 Å². The van der Waals surface area contributed by atoms with Crippen LogP contribution in [0.5, 0.6) is 0 Å². The van der Waals surface area contributed by atoms with E-state index in [1.807, 2.05) is 35.4 Å². The first kappa shape index (κ1) is 23.6. The minimum Gasteiger partial charge on any atom is -0.444 e. The van der Waals surface area contributed by atoms with Crippen LogP contribution < -0.4 is 10.6 Å². The quantitative estimate of drug-likeness (QED) is 0.345. The van der Waals surface area contributed by atoms with E-state index >= 15 is 0 Å². The first-order valence-corrected chi connectivity index (χ1v) is 13.0. The minimum absolute atomic E-state index is 0.00513. The minimum atomic E-state index is -0.0658. The van der Waals surface area contributed by atoms with Crippen molar-refractivity contribution in [3.63, 3.8) is 0 Å². The molecule has 2 aromatic heterocycles. The van der Waals surface area contributed by atoms with Gasteiger partial charge in [0, 0.05) is 24.2 Å². The van der Waals surface area contributed by atoms with Gasteiger partial charge in [-0.1, -0.05) is 44.2 Å². The fourth-order valence-electron chi connectivity index (χ4n) is 3.65. The zero-order chi connectivity index (χ0) is 23.4. The van der Waals surface area contributed by atoms with E-state index in [9.17, 15) is 4.79 Å². The molecular weight excluding hydrogens is 454 g/mol. The zero-order valence-electron chi connectivity index (χ0n) is 19.4. The molecule has 0 radical (unpaired) electrons. The Morgan fingerprint density at radius 3 is 2.70 bits per heavy atom. The number of oxazole rings is 1. The first-order valence-electron chi connectivity index (χ1n) is 11.2. The van der Waals surface area contributed by atoms with E-state index in [-0.39, 0.29) is 11.4 Å². The summed E-state index contributed by atoms with van der Waals surface area (Å²) in [4.78, 5) is 26.1. The average Bonchev–Trinajstić information content (AvgIpc) is 3.46. The summed E-state index contributed by atoms with van der Waals surface area (Å²) in [6, 6.07) is 7.68. The Labute approximate surface area is 203 Å². The smallest absolute Gasteiger partial charge is 0.326 e. The summed E-state index contributed by atoms with van der Waals surface area (Å²) in [5.41, 5.74) is 7.58. The second kappa shape index (κ2) is 10.2. The average molecular weight is 486 g/mol. The van der Waals surface area contributed by atoms with Crippen LogP contribution in [0.2, 0.25) is 0 Å². The second-order valence-corrected chi connectivity index (χ2v) is 11.6. The monoisotopic (exact) mass is 485 g/mol. The van der Waals surface area contributed by atoms with Crippen LogP contribution in [0.1, 0.15) is 57.2 Å². The van der Waals surface area contributed by atoms with E-state index < -0.39 is 0 Å². The highest BCUT2D eigenvalue weighted by atomic mass is 32.2. The van der Waals surface area contributed by atoms with Gasteiger partial charge in [0.05, 0.1) is 28.9 Å². The van der Waals surface area contributed by atoms with Gasteiger partial charge in [-0.3, -0.25) is 4.90 Å². The van der Waals surface area contributed by atoms with Crippen molar-refractivity contribution < 1.29 is 9.21 Å². The molecule has 0 spiro atoms. The van der Waals surface area contributed by atoms with Crippen LogP contribution >= 0.6 is 23.1 Å². The van der Waals surface area contributed by atoms with E-state index in [0.29, 0.717) is 29.0 Å². The summed E-state index contributed by atoms with van der Waals surface area (Å²) in [7, 11) is 0. The summed E-state index contributed by atoms with van der Waals surface area (Å²) in [5.74, 6) is 2.19. The van der Waals surface area contributed by atoms with Crippen LogP contribution in [0.25, 0.3) is 0 Å². The fourth-order valence-corrected chi connectivity index (χ4v) is 5.45. The molecule has 0 atom stereocenters. The van der Waals surface area contributed by atoms with Gasteiger partial charge in [-0.25, -0.2) is 14.8 Å². The van der Waals surface area contributed by atoms with Crippen LogP contribution in [0.15, 0.2) is 45.3 Å². The molecule has 0 saturated carbocycles. The number of hydrogen-bond donors (Lipinski definition) is 1. The normalized spacial score (nSPS) is 14.5. The third kappa shape index (κ3) is 6.09. The maximum absolute atomic E-state index is 13.4. The number of nitrogen functional groups attached to an aromatic ring is 1. The summed E-state index contributed by atoms with van der Waals surface area (Å²) in [5, 5.41) is 0.693. The molecule has 1 aromatic carbocycles. The molecule has 0 bridgehead atoms. The second-order valence-electron chi connectivity index (χ2n) is 9.28. The molecule has 0 unspecified atom stereocenters. The van der Waals surface area contributed by atoms with Crippen LogP contribution in [-0.4, -0.2) is 34.0 Å². The third-order valence-electron chi connectivity index (χ3n) is 5.48. The number of benzene rings is 1. The lowest BCUT2D eigenvalue weighted by atomic mass is 9.94. The number of likely N-dealkylation sites (tertiary alicyclic amines) is 1. The molecule has 1 fully saturated rings. The van der Waals surface area contributed by atoms with Crippen molar-refractivity contribution in [1.29, 1.82) is 0 Å². The van der Waals surface area contributed by atoms with Crippen molar-refractivity contribution in [3.05, 3.63) is 53.9 Å². The molecule has 2 N–H and O–H groups in total. The van der Waals surface area contributed by atoms with Crippen molar-refractivity contribution in [2.75, 3.05) is 23.7 Å². The largest absolute Gasteiger partial charge is 0.444 e. The van der Waals surface area contributed by atoms with E-state index in [1.165, 1.54) is 17.8 Å². The van der Waals surface area contributed by atoms with Crippen LogP contribution in [0.4, 0.5) is 15.6 Å². The van der Waals surface area contributed by atoms with E-state index in [4.69, 9.17) is 10.2 Å². The molecule has 1 saturated heterocycles. The standard InChI is InChI=1S/C24H31N5O2S2/c1-24(2,3)19-13-26-20(31-19)16-32-21-14-27-22(33-21)29(15-17-8-7-9-18(25)12-17)23(30)28-10-5-4-6-11-28/h7-9,12-14H,4-6,10-11,15-16,25H2,1-3H3.